The molecule has 6 nitrogen and oxygen atoms in total. The first-order valence-electron chi connectivity index (χ1n) is 12.7. The summed E-state index contributed by atoms with van der Waals surface area (Å²) in [6.07, 6.45) is 10.9. The second kappa shape index (κ2) is 15.5. The number of allylic oxidation sites excluding steroid dienone is 4. The van der Waals surface area contributed by atoms with Gasteiger partial charge in [0.25, 0.3) is 5.91 Å². The molecule has 0 bridgehead atoms. The van der Waals surface area contributed by atoms with E-state index < -0.39 is 0 Å². The second-order valence-corrected chi connectivity index (χ2v) is 9.08. The molecule has 2 aromatic carbocycles. The average Bonchev–Trinajstić information content (AvgIpc) is 3.23. The number of carbonyl (C=O) groups is 2. The van der Waals surface area contributed by atoms with Crippen LogP contribution in [-0.4, -0.2) is 29.6 Å². The van der Waals surface area contributed by atoms with E-state index in [-0.39, 0.29) is 44.5 Å². The van der Waals surface area contributed by atoms with E-state index in [1.54, 1.807) is 37.3 Å². The number of amides is 2. The Morgan fingerprint density at radius 1 is 1.15 bits per heavy atom. The van der Waals surface area contributed by atoms with Crippen molar-refractivity contribution in [2.45, 2.75) is 33.7 Å². The van der Waals surface area contributed by atoms with Crippen molar-refractivity contribution in [3.63, 3.8) is 0 Å². The van der Waals surface area contributed by atoms with E-state index in [0.717, 1.165) is 11.1 Å². The maximum atomic E-state index is 13.0. The zero-order chi connectivity index (χ0) is 28.4. The summed E-state index contributed by atoms with van der Waals surface area (Å²) in [5.41, 5.74) is 5.43. The summed E-state index contributed by atoms with van der Waals surface area (Å²) in [6.45, 7) is 11.5. The van der Waals surface area contributed by atoms with Gasteiger partial charge in [0, 0.05) is 18.5 Å². The van der Waals surface area contributed by atoms with Gasteiger partial charge in [-0.05, 0) is 50.1 Å². The Labute approximate surface area is 250 Å². The van der Waals surface area contributed by atoms with Crippen LogP contribution in [0.3, 0.4) is 0 Å². The third-order valence-electron chi connectivity index (χ3n) is 6.27. The van der Waals surface area contributed by atoms with Gasteiger partial charge in [0.2, 0.25) is 5.91 Å². The monoisotopic (exact) mass is 703 g/mol. The first-order valence-corrected chi connectivity index (χ1v) is 12.7. The SMILES string of the molecule is C=C/C=C(\C=C/C)CNC(=O)c1c(C)[nH]c(/C=C(\[C-]=O)c2[c-]ccc(C(=O)NC(C)c3ccccc3)c2)c1C.[W+2]. The van der Waals surface area contributed by atoms with Crippen molar-refractivity contribution < 1.29 is 35.4 Å². The molecule has 0 spiro atoms. The number of rotatable bonds is 11. The molecule has 2 amide bonds. The second-order valence-electron chi connectivity index (χ2n) is 9.08. The molecular formula is C33H33N3O3W. The van der Waals surface area contributed by atoms with Gasteiger partial charge in [-0.25, -0.2) is 11.6 Å². The van der Waals surface area contributed by atoms with Crippen molar-refractivity contribution in [1.82, 2.24) is 15.6 Å². The largest absolute Gasteiger partial charge is 2.00 e. The molecule has 0 saturated carbocycles. The quantitative estimate of drug-likeness (QED) is 0.130. The minimum absolute atomic E-state index is 0. The van der Waals surface area contributed by atoms with E-state index in [1.165, 1.54) is 0 Å². The van der Waals surface area contributed by atoms with Crippen molar-refractivity contribution in [3.8, 4) is 0 Å². The Bertz CT molecular complexity index is 1450. The summed E-state index contributed by atoms with van der Waals surface area (Å²) >= 11 is 0. The van der Waals surface area contributed by atoms with Crippen LogP contribution in [0.2, 0.25) is 0 Å². The summed E-state index contributed by atoms with van der Waals surface area (Å²) < 4.78 is 0. The number of aromatic nitrogens is 1. The molecule has 0 aliphatic carbocycles. The molecule has 3 aromatic rings. The topological polar surface area (TPSA) is 91.1 Å². The number of hydrogen-bond donors (Lipinski definition) is 3. The predicted octanol–water partition coefficient (Wildman–Crippen LogP) is 5.99. The van der Waals surface area contributed by atoms with Crippen LogP contribution in [-0.2, 0) is 25.9 Å². The van der Waals surface area contributed by atoms with E-state index in [9.17, 15) is 14.4 Å². The molecule has 0 radical (unpaired) electrons. The van der Waals surface area contributed by atoms with Crippen molar-refractivity contribution in [2.75, 3.05) is 6.54 Å². The van der Waals surface area contributed by atoms with Gasteiger partial charge < -0.3 is 20.4 Å². The number of carbonyl (C=O) groups excluding carboxylic acids is 3. The fraction of sp³-hybridized carbons (Fsp3) is 0.182. The molecule has 1 aromatic heterocycles. The van der Waals surface area contributed by atoms with Crippen LogP contribution in [0.25, 0.3) is 11.6 Å². The third-order valence-corrected chi connectivity index (χ3v) is 6.27. The van der Waals surface area contributed by atoms with Crippen molar-refractivity contribution in [3.05, 3.63) is 130 Å². The fourth-order valence-corrected chi connectivity index (χ4v) is 4.24. The molecule has 0 aliphatic rings. The fourth-order valence-electron chi connectivity index (χ4n) is 4.24. The average molecular weight is 703 g/mol. The standard InChI is InChI=1S/C33H33N3O3.W/c1-6-12-25(13-7-2)20-34-33(39)31-22(3)30(35-24(31)5)19-29(21-37)27-16-11-17-28(18-27)32(38)36-23(4)26-14-9-8-10-15-26;/h6-15,17-19,23,35H,1,20H2,2-5H3,(H,34,39)(H,36,38);/q-2;+2/b13-7-,25-12+,29-19+;. The summed E-state index contributed by atoms with van der Waals surface area (Å²) in [6, 6.07) is 17.4. The van der Waals surface area contributed by atoms with E-state index >= 15 is 0 Å². The molecule has 1 heterocycles. The van der Waals surface area contributed by atoms with Gasteiger partial charge in [-0.3, -0.25) is 15.2 Å². The zero-order valence-corrected chi connectivity index (χ0v) is 26.1. The Balaban J connectivity index is 0.00000560. The zero-order valence-electron chi connectivity index (χ0n) is 23.1. The summed E-state index contributed by atoms with van der Waals surface area (Å²) in [5, 5.41) is 5.91. The maximum absolute atomic E-state index is 13.0. The first-order chi connectivity index (χ1) is 18.8. The molecule has 0 aliphatic heterocycles. The van der Waals surface area contributed by atoms with Crippen LogP contribution in [0.15, 0.2) is 85.0 Å². The number of H-pyrrole nitrogens is 1. The van der Waals surface area contributed by atoms with Crippen LogP contribution in [0.5, 0.6) is 0 Å². The molecule has 204 valence electrons. The normalized spacial score (nSPS) is 12.4. The number of aromatic amines is 1. The van der Waals surface area contributed by atoms with Crippen LogP contribution < -0.4 is 10.6 Å². The summed E-state index contributed by atoms with van der Waals surface area (Å²) in [7, 11) is 0. The summed E-state index contributed by atoms with van der Waals surface area (Å²) in [5.74, 6) is -0.490. The summed E-state index contributed by atoms with van der Waals surface area (Å²) in [4.78, 5) is 41.1. The third kappa shape index (κ3) is 8.24. The maximum Gasteiger partial charge on any atom is 2.00 e. The Kier molecular flexibility index (Phi) is 12.5. The molecule has 3 rings (SSSR count). The van der Waals surface area contributed by atoms with Gasteiger partial charge in [-0.1, -0.05) is 66.8 Å². The van der Waals surface area contributed by atoms with Crippen molar-refractivity contribution >= 4 is 29.7 Å². The van der Waals surface area contributed by atoms with E-state index in [2.05, 4.69) is 28.3 Å². The number of benzene rings is 2. The predicted molar refractivity (Wildman–Crippen MR) is 157 cm³/mol. The van der Waals surface area contributed by atoms with Crippen molar-refractivity contribution in [2.24, 2.45) is 0 Å². The molecule has 1 unspecified atom stereocenters. The van der Waals surface area contributed by atoms with E-state index in [4.69, 9.17) is 0 Å². The Morgan fingerprint density at radius 3 is 2.52 bits per heavy atom. The molecule has 0 saturated heterocycles. The van der Waals surface area contributed by atoms with Crippen molar-refractivity contribution in [1.29, 1.82) is 0 Å². The minimum Gasteiger partial charge on any atom is -0.388 e. The smallest absolute Gasteiger partial charge is 0.388 e. The van der Waals surface area contributed by atoms with E-state index in [0.29, 0.717) is 40.2 Å². The molecule has 0 fully saturated rings. The van der Waals surface area contributed by atoms with Gasteiger partial charge in [0.1, 0.15) is 0 Å². The van der Waals surface area contributed by atoms with Gasteiger partial charge in [-0.15, -0.1) is 6.07 Å². The Morgan fingerprint density at radius 2 is 1.88 bits per heavy atom. The number of aryl methyl sites for hydroxylation is 1. The van der Waals surface area contributed by atoms with Gasteiger partial charge in [-0.2, -0.15) is 18.2 Å². The number of hydrogen-bond acceptors (Lipinski definition) is 3. The molecule has 40 heavy (non-hydrogen) atoms. The van der Waals surface area contributed by atoms with Gasteiger partial charge in [0.15, 0.2) is 0 Å². The molecule has 1 atom stereocenters. The minimum atomic E-state index is -0.263. The van der Waals surface area contributed by atoms with Crippen LogP contribution in [0.1, 0.15) is 68.7 Å². The molecule has 7 heteroatoms. The molecular weight excluding hydrogens is 670 g/mol. The van der Waals surface area contributed by atoms with Crippen LogP contribution in [0, 0.1) is 19.9 Å². The first kappa shape index (κ1) is 32.2. The van der Waals surface area contributed by atoms with Crippen LogP contribution >= 0.6 is 0 Å². The van der Waals surface area contributed by atoms with E-state index in [1.807, 2.05) is 75.6 Å². The van der Waals surface area contributed by atoms with Gasteiger partial charge in [0.05, 0.1) is 11.6 Å². The number of nitrogens with one attached hydrogen (secondary N) is 3. The molecule has 3 N–H and O–H groups in total. The van der Waals surface area contributed by atoms with Crippen LogP contribution in [0.4, 0.5) is 0 Å². The van der Waals surface area contributed by atoms with Gasteiger partial charge >= 0.3 is 21.1 Å². The Hall–Kier alpha value is -4.02.